The standard InChI is InChI=1S/2CH4.Ca.Mg/h2*1H4;;. The molecule has 0 rings (SSSR count). The Kier molecular flexibility index (Phi) is 184. The first kappa shape index (κ1) is 37.1. The van der Waals surface area contributed by atoms with Gasteiger partial charge in [-0.05, 0) is 0 Å². The van der Waals surface area contributed by atoms with E-state index >= 15 is 0 Å². The number of hydrogen-bond acceptors (Lipinski definition) is 0. The summed E-state index contributed by atoms with van der Waals surface area (Å²) in [4.78, 5) is 0. The zero-order valence-corrected chi connectivity index (χ0v) is 5.04. The van der Waals surface area contributed by atoms with Crippen LogP contribution < -0.4 is 0 Å². The van der Waals surface area contributed by atoms with Crippen LogP contribution >= 0.6 is 0 Å². The second kappa shape index (κ2) is 19.8. The van der Waals surface area contributed by atoms with E-state index in [4.69, 9.17) is 0 Å². The van der Waals surface area contributed by atoms with Gasteiger partial charge >= 0.3 is 0 Å². The van der Waals surface area contributed by atoms with Crippen molar-refractivity contribution in [1.29, 1.82) is 0 Å². The van der Waals surface area contributed by atoms with Crippen LogP contribution in [0.5, 0.6) is 0 Å². The number of rotatable bonds is 0. The van der Waals surface area contributed by atoms with E-state index in [0.717, 1.165) is 0 Å². The minimum atomic E-state index is 0. The predicted molar refractivity (Wildman–Crippen MR) is 25.0 cm³/mol. The second-order valence-corrected chi connectivity index (χ2v) is 0. The van der Waals surface area contributed by atoms with E-state index in [2.05, 4.69) is 0 Å². The normalized spacial score (nSPS) is 0. The van der Waals surface area contributed by atoms with Gasteiger partial charge in [0.1, 0.15) is 0 Å². The van der Waals surface area contributed by atoms with E-state index in [-0.39, 0.29) is 75.6 Å². The van der Waals surface area contributed by atoms with Crippen LogP contribution in [-0.2, 0) is 0 Å². The van der Waals surface area contributed by atoms with Gasteiger partial charge < -0.3 is 0 Å². The average Bonchev–Trinajstić information content (AvgIpc) is 0. The first-order valence-corrected chi connectivity index (χ1v) is 0. The summed E-state index contributed by atoms with van der Waals surface area (Å²) in [5, 5.41) is 0. The SMILES string of the molecule is C.C.[Ca].[Mg]. The molecule has 0 aromatic rings. The topological polar surface area (TPSA) is 0 Å². The van der Waals surface area contributed by atoms with Crippen molar-refractivity contribution in [2.24, 2.45) is 0 Å². The first-order chi connectivity index (χ1) is 0. The fourth-order valence-electron chi connectivity index (χ4n) is 0. The first-order valence-electron chi connectivity index (χ1n) is 0. The van der Waals surface area contributed by atoms with Crippen molar-refractivity contribution < 1.29 is 0 Å². The summed E-state index contributed by atoms with van der Waals surface area (Å²) in [5.74, 6) is 0. The monoisotopic (exact) mass is 96.0 g/mol. The maximum atomic E-state index is 0. The van der Waals surface area contributed by atoms with Gasteiger partial charge in [0.05, 0.1) is 0 Å². The zero-order valence-electron chi connectivity index (χ0n) is 1.41. The molecule has 0 aromatic carbocycles. The van der Waals surface area contributed by atoms with Crippen LogP contribution in [0.1, 0.15) is 14.9 Å². The van der Waals surface area contributed by atoms with Crippen molar-refractivity contribution >= 4 is 60.8 Å². The molecule has 0 aromatic heterocycles. The van der Waals surface area contributed by atoms with Gasteiger partial charge in [0.2, 0.25) is 0 Å². The molecule has 0 aliphatic heterocycles. The molecule has 0 fully saturated rings. The van der Waals surface area contributed by atoms with Gasteiger partial charge in [0.15, 0.2) is 0 Å². The summed E-state index contributed by atoms with van der Waals surface area (Å²) in [7, 11) is 0. The van der Waals surface area contributed by atoms with Crippen LogP contribution in [0.25, 0.3) is 0 Å². The maximum Gasteiger partial charge on any atom is 0 e. The fraction of sp³-hybridized carbons (Fsp3) is 1.00. The van der Waals surface area contributed by atoms with Crippen LogP contribution in [-0.4, -0.2) is 60.8 Å². The van der Waals surface area contributed by atoms with Gasteiger partial charge in [-0.15, -0.1) is 0 Å². The molecule has 0 bridgehead atoms. The molecule has 0 atom stereocenters. The molecule has 4 radical (unpaired) electrons. The molecular formula is C2H8CaMg. The Morgan fingerprint density at radius 1 is 0.750 bits per heavy atom. The Labute approximate surface area is 74.5 Å². The van der Waals surface area contributed by atoms with Gasteiger partial charge in [0.25, 0.3) is 0 Å². The maximum absolute atomic E-state index is 0. The zero-order chi connectivity index (χ0) is 0. The Bertz CT molecular complexity index is 6.00. The summed E-state index contributed by atoms with van der Waals surface area (Å²) in [6.45, 7) is 0. The Hall–Kier alpha value is 2.03. The summed E-state index contributed by atoms with van der Waals surface area (Å²) in [6.07, 6.45) is 0. The molecule has 0 unspecified atom stereocenters. The van der Waals surface area contributed by atoms with Crippen LogP contribution in [0.3, 0.4) is 0 Å². The van der Waals surface area contributed by atoms with Gasteiger partial charge in [-0.3, -0.25) is 0 Å². The van der Waals surface area contributed by atoms with Crippen LogP contribution in [0, 0.1) is 0 Å². The third-order valence-corrected chi connectivity index (χ3v) is 0. The van der Waals surface area contributed by atoms with E-state index in [9.17, 15) is 0 Å². The molecule has 0 aliphatic rings. The summed E-state index contributed by atoms with van der Waals surface area (Å²) in [6, 6.07) is 0. The van der Waals surface area contributed by atoms with Gasteiger partial charge in [-0.25, -0.2) is 0 Å². The Balaban J connectivity index is 0. The van der Waals surface area contributed by atoms with E-state index in [1.165, 1.54) is 0 Å². The minimum absolute atomic E-state index is 0. The third-order valence-electron chi connectivity index (χ3n) is 0. The molecule has 0 N–H and O–H groups in total. The molecule has 0 spiro atoms. The summed E-state index contributed by atoms with van der Waals surface area (Å²) < 4.78 is 0. The largest absolute Gasteiger partial charge is 0.0776 e. The minimum Gasteiger partial charge on any atom is -0.0776 e. The molecule has 0 saturated heterocycles. The van der Waals surface area contributed by atoms with E-state index in [0.29, 0.717) is 0 Å². The van der Waals surface area contributed by atoms with Gasteiger partial charge in [0, 0.05) is 60.8 Å². The van der Waals surface area contributed by atoms with E-state index in [1.54, 1.807) is 0 Å². The van der Waals surface area contributed by atoms with Crippen molar-refractivity contribution in [3.8, 4) is 0 Å². The summed E-state index contributed by atoms with van der Waals surface area (Å²) in [5.41, 5.74) is 0. The fourth-order valence-corrected chi connectivity index (χ4v) is 0. The second-order valence-electron chi connectivity index (χ2n) is 0. The molecular weight excluding hydrogens is 88.4 g/mol. The number of hydrogen-bond donors (Lipinski definition) is 0. The Morgan fingerprint density at radius 3 is 0.750 bits per heavy atom. The van der Waals surface area contributed by atoms with Crippen LogP contribution in [0.2, 0.25) is 0 Å². The van der Waals surface area contributed by atoms with Crippen molar-refractivity contribution in [2.75, 3.05) is 0 Å². The molecule has 0 amide bonds. The van der Waals surface area contributed by atoms with E-state index < -0.39 is 0 Å². The molecule has 2 heteroatoms. The van der Waals surface area contributed by atoms with Crippen molar-refractivity contribution in [3.63, 3.8) is 0 Å². The summed E-state index contributed by atoms with van der Waals surface area (Å²) >= 11 is 0. The molecule has 20 valence electrons. The van der Waals surface area contributed by atoms with Gasteiger partial charge in [-0.2, -0.15) is 0 Å². The van der Waals surface area contributed by atoms with Crippen molar-refractivity contribution in [1.82, 2.24) is 0 Å². The molecule has 0 nitrogen and oxygen atoms in total. The quantitative estimate of drug-likeness (QED) is 0.386. The molecule has 0 heterocycles. The van der Waals surface area contributed by atoms with E-state index in [1.807, 2.05) is 0 Å². The Morgan fingerprint density at radius 2 is 0.750 bits per heavy atom. The average molecular weight is 96.5 g/mol. The smallest absolute Gasteiger partial charge is 0 e. The van der Waals surface area contributed by atoms with Crippen LogP contribution in [0.15, 0.2) is 0 Å². The van der Waals surface area contributed by atoms with Crippen molar-refractivity contribution in [3.05, 3.63) is 0 Å². The van der Waals surface area contributed by atoms with Gasteiger partial charge in [-0.1, -0.05) is 14.9 Å². The van der Waals surface area contributed by atoms with Crippen molar-refractivity contribution in [2.45, 2.75) is 14.9 Å². The molecule has 0 aliphatic carbocycles. The third kappa shape index (κ3) is 8.98. The molecule has 4 heavy (non-hydrogen) atoms. The van der Waals surface area contributed by atoms with Crippen LogP contribution in [0.4, 0.5) is 0 Å². The predicted octanol–water partition coefficient (Wildman–Crippen LogP) is 0.511. The molecule has 0 saturated carbocycles.